The highest BCUT2D eigenvalue weighted by atomic mass is 32.2. The van der Waals surface area contributed by atoms with Gasteiger partial charge >= 0.3 is 5.97 Å². The molecular weight excluding hydrogens is 489 g/mol. The van der Waals surface area contributed by atoms with E-state index in [2.05, 4.69) is 14.7 Å². The monoisotopic (exact) mass is 502 g/mol. The minimum atomic E-state index is -1.16. The van der Waals surface area contributed by atoms with Crippen molar-refractivity contribution < 1.29 is 19.5 Å². The molecule has 1 fully saturated rings. The molecule has 2 unspecified atom stereocenters. The number of carboxylic acid groups (broad SMARTS) is 1. The second kappa shape index (κ2) is 8.78. The predicted molar refractivity (Wildman–Crippen MR) is 117 cm³/mol. The molecule has 2 atom stereocenters. The van der Waals surface area contributed by atoms with E-state index in [-0.39, 0.29) is 22.1 Å². The highest BCUT2D eigenvalue weighted by Crippen LogP contribution is 2.41. The lowest BCUT2D eigenvalue weighted by molar-refractivity contribution is -0.150. The van der Waals surface area contributed by atoms with Gasteiger partial charge in [0, 0.05) is 21.8 Å². The van der Waals surface area contributed by atoms with Crippen molar-refractivity contribution >= 4 is 75.5 Å². The topological polar surface area (TPSA) is 130 Å². The Morgan fingerprint density at radius 3 is 2.83 bits per heavy atom. The van der Waals surface area contributed by atoms with Crippen LogP contribution in [0.4, 0.5) is 0 Å². The van der Waals surface area contributed by atoms with Crippen molar-refractivity contribution in [3.63, 3.8) is 0 Å². The van der Waals surface area contributed by atoms with E-state index in [1.807, 2.05) is 0 Å². The third-order valence-electron chi connectivity index (χ3n) is 4.28. The number of thioether (sulfide) groups is 2. The summed E-state index contributed by atoms with van der Waals surface area (Å²) >= 11 is 6.11. The van der Waals surface area contributed by atoms with Crippen molar-refractivity contribution in [2.75, 3.05) is 11.5 Å². The van der Waals surface area contributed by atoms with Gasteiger partial charge in [-0.2, -0.15) is 4.37 Å². The summed E-state index contributed by atoms with van der Waals surface area (Å²) in [6.07, 6.45) is 0.0232. The molecule has 2 amide bonds. The Bertz CT molecular complexity index is 1110. The van der Waals surface area contributed by atoms with Crippen molar-refractivity contribution in [3.05, 3.63) is 36.2 Å². The van der Waals surface area contributed by atoms with Crippen LogP contribution < -0.4 is 9.37 Å². The third-order valence-corrected chi connectivity index (χ3v) is 9.61. The van der Waals surface area contributed by atoms with Crippen molar-refractivity contribution in [2.24, 2.45) is 0 Å². The fourth-order valence-electron chi connectivity index (χ4n) is 3.01. The van der Waals surface area contributed by atoms with Crippen molar-refractivity contribution in [3.8, 4) is 0 Å². The maximum atomic E-state index is 12.7. The second-order valence-electron chi connectivity index (χ2n) is 6.34. The highest BCUT2D eigenvalue weighted by Gasteiger charge is 2.54. The molecule has 0 spiro atoms. The Kier molecular flexibility index (Phi) is 6.29. The van der Waals surface area contributed by atoms with Crippen LogP contribution >= 0.6 is 57.7 Å². The Balaban J connectivity index is 1.43. The van der Waals surface area contributed by atoms with Crippen LogP contribution in [0.3, 0.4) is 0 Å². The summed E-state index contributed by atoms with van der Waals surface area (Å²) in [7, 11) is 0. The van der Waals surface area contributed by atoms with Crippen LogP contribution in [0.15, 0.2) is 25.8 Å². The third kappa shape index (κ3) is 4.32. The van der Waals surface area contributed by atoms with Crippen LogP contribution in [0, 0.1) is 6.92 Å². The van der Waals surface area contributed by atoms with E-state index in [0.29, 0.717) is 27.8 Å². The molecule has 1 saturated heterocycles. The number of hydrogen-bond donors (Lipinski definition) is 2. The molecule has 2 aliphatic heterocycles. The number of carbonyl (C=O) groups excluding carboxylic acids is 2. The predicted octanol–water partition coefficient (Wildman–Crippen LogP) is 1.40. The number of carboxylic acids is 1. The Morgan fingerprint density at radius 2 is 2.20 bits per heavy atom. The number of aromatic nitrogens is 2. The van der Waals surface area contributed by atoms with Gasteiger partial charge < -0.3 is 10.4 Å². The molecule has 2 aromatic rings. The number of amides is 2. The molecule has 0 radical (unpaired) electrons. The van der Waals surface area contributed by atoms with Gasteiger partial charge in [-0.1, -0.05) is 34.4 Å². The number of aryl methyl sites for hydroxylation is 1. The Morgan fingerprint density at radius 1 is 1.40 bits per heavy atom. The van der Waals surface area contributed by atoms with Crippen LogP contribution in [0.25, 0.3) is 0 Å². The fourth-order valence-corrected chi connectivity index (χ4v) is 7.86. The van der Waals surface area contributed by atoms with Gasteiger partial charge in [0.05, 0.1) is 6.42 Å². The zero-order valence-electron chi connectivity index (χ0n) is 15.3. The van der Waals surface area contributed by atoms with Crippen LogP contribution in [-0.4, -0.2) is 60.1 Å². The van der Waals surface area contributed by atoms with Crippen molar-refractivity contribution in [1.82, 2.24) is 19.6 Å². The first-order chi connectivity index (χ1) is 14.3. The lowest BCUT2D eigenvalue weighted by Gasteiger charge is -2.49. The Hall–Kier alpha value is -1.74. The number of hydrogen-bond acceptors (Lipinski definition) is 11. The quantitative estimate of drug-likeness (QED) is 0.426. The summed E-state index contributed by atoms with van der Waals surface area (Å²) in [5.41, 5.74) is 0.627. The molecule has 0 aliphatic carbocycles. The van der Waals surface area contributed by atoms with E-state index < -0.39 is 23.3 Å². The first kappa shape index (κ1) is 21.5. The number of β-lactam (4-membered cyclic amide) rings is 1. The molecule has 30 heavy (non-hydrogen) atoms. The number of nitrogens with zero attached hydrogens (tertiary/aromatic N) is 3. The summed E-state index contributed by atoms with van der Waals surface area (Å²) in [5.74, 6) is -0.459. The van der Waals surface area contributed by atoms with Gasteiger partial charge in [0.15, 0.2) is 4.34 Å². The lowest BCUT2D eigenvalue weighted by atomic mass is 10.0. The molecule has 2 aromatic heterocycles. The molecule has 4 rings (SSSR count). The van der Waals surface area contributed by atoms with Crippen molar-refractivity contribution in [2.45, 2.75) is 29.1 Å². The molecule has 9 nitrogen and oxygen atoms in total. The molecule has 0 aromatic carbocycles. The zero-order valence-corrected chi connectivity index (χ0v) is 19.4. The van der Waals surface area contributed by atoms with E-state index in [4.69, 9.17) is 0 Å². The van der Waals surface area contributed by atoms with Gasteiger partial charge in [-0.05, 0) is 24.0 Å². The molecule has 158 valence electrons. The number of rotatable bonds is 7. The fraction of sp³-hybridized carbons (Fsp3) is 0.375. The van der Waals surface area contributed by atoms with Gasteiger partial charge in [0.2, 0.25) is 5.91 Å². The van der Waals surface area contributed by atoms with Crippen LogP contribution in [-0.2, 0) is 20.8 Å². The smallest absolute Gasteiger partial charge is 0.352 e. The van der Waals surface area contributed by atoms with Crippen molar-refractivity contribution in [1.29, 1.82) is 0 Å². The van der Waals surface area contributed by atoms with Gasteiger partial charge in [-0.15, -0.1) is 11.8 Å². The summed E-state index contributed by atoms with van der Waals surface area (Å²) in [6.45, 7) is 1.79. The minimum absolute atomic E-state index is 0.0148. The first-order valence-corrected chi connectivity index (χ1v) is 13.0. The van der Waals surface area contributed by atoms with Crippen LogP contribution in [0.5, 0.6) is 0 Å². The number of carbonyl (C=O) groups is 3. The zero-order chi connectivity index (χ0) is 21.4. The molecule has 0 saturated carbocycles. The second-order valence-corrected chi connectivity index (χ2v) is 11.6. The largest absolute Gasteiger partial charge is 0.477 e. The average molecular weight is 503 g/mol. The summed E-state index contributed by atoms with van der Waals surface area (Å²) in [6, 6.07) is -0.771. The summed E-state index contributed by atoms with van der Waals surface area (Å²) in [5, 5.41) is 13.6. The normalized spacial score (nSPS) is 20.7. The molecular formula is C16H14N4O5S5. The van der Waals surface area contributed by atoms with Gasteiger partial charge in [0.1, 0.15) is 22.9 Å². The number of fused-ring (bicyclic) bond motifs is 1. The minimum Gasteiger partial charge on any atom is -0.477 e. The summed E-state index contributed by atoms with van der Waals surface area (Å²) in [4.78, 5) is 54.2. The molecule has 14 heteroatoms. The van der Waals surface area contributed by atoms with E-state index in [0.717, 1.165) is 27.0 Å². The molecule has 0 bridgehead atoms. The number of aliphatic carboxylic acids is 1. The first-order valence-electron chi connectivity index (χ1n) is 8.53. The summed E-state index contributed by atoms with van der Waals surface area (Å²) < 4.78 is 4.76. The SMILES string of the molecule is Cc1nsc(SCC2=C(C(=O)O)N3C(=O)C(NC(=O)Cc4csc(=O)s4)C3SC2)n1. The maximum absolute atomic E-state index is 12.7. The average Bonchev–Trinajstić information content (AvgIpc) is 3.31. The molecule has 4 heterocycles. The van der Waals surface area contributed by atoms with Crippen LogP contribution in [0.1, 0.15) is 10.7 Å². The van der Waals surface area contributed by atoms with Gasteiger partial charge in [0.25, 0.3) is 9.96 Å². The standard InChI is InChI=1S/C16H14N4O5S5/c1-6-17-15(30-19-6)27-4-7-3-26-13-10(12(22)20(13)11(7)14(23)24)18-9(21)2-8-5-28-16(25)29-8/h5,10,13H,2-4H2,1H3,(H,18,21)(H,23,24). The van der Waals surface area contributed by atoms with Crippen LogP contribution in [0.2, 0.25) is 0 Å². The Labute approximate surface area is 190 Å². The van der Waals surface area contributed by atoms with E-state index in [1.54, 1.807) is 12.3 Å². The molecule has 2 N–H and O–H groups in total. The maximum Gasteiger partial charge on any atom is 0.352 e. The lowest BCUT2D eigenvalue weighted by Crippen LogP contribution is -2.70. The number of nitrogens with one attached hydrogen (secondary N) is 1. The van der Waals surface area contributed by atoms with Gasteiger partial charge in [-0.25, -0.2) is 9.78 Å². The van der Waals surface area contributed by atoms with E-state index in [9.17, 15) is 24.3 Å². The van der Waals surface area contributed by atoms with Gasteiger partial charge in [-0.3, -0.25) is 19.3 Å². The highest BCUT2D eigenvalue weighted by molar-refractivity contribution is 8.01. The van der Waals surface area contributed by atoms with E-state index in [1.165, 1.54) is 40.0 Å². The molecule has 2 aliphatic rings. The van der Waals surface area contributed by atoms with E-state index >= 15 is 0 Å².